The molecule has 0 aliphatic heterocycles. The summed E-state index contributed by atoms with van der Waals surface area (Å²) in [6, 6.07) is 0. The maximum absolute atomic E-state index is 4.62. The van der Waals surface area contributed by atoms with E-state index in [1.54, 1.807) is 0 Å². The van der Waals surface area contributed by atoms with Gasteiger partial charge in [-0.3, -0.25) is 0 Å². The van der Waals surface area contributed by atoms with Crippen molar-refractivity contribution in [2.24, 2.45) is 0 Å². The van der Waals surface area contributed by atoms with E-state index in [1.165, 1.54) is 116 Å². The summed E-state index contributed by atoms with van der Waals surface area (Å²) in [4.78, 5) is 0. The lowest BCUT2D eigenvalue weighted by Crippen LogP contribution is -2.44. The predicted octanol–water partition coefficient (Wildman–Crippen LogP) is 7.57. The fourth-order valence-corrected chi connectivity index (χ4v) is 3.87. The quantitative estimate of drug-likeness (QED) is 0.192. The van der Waals surface area contributed by atoms with Crippen molar-refractivity contribution in [3.05, 3.63) is 12.2 Å². The molecule has 141 valence electrons. The molecule has 1 aliphatic rings. The van der Waals surface area contributed by atoms with E-state index in [1.807, 2.05) is 7.05 Å². The van der Waals surface area contributed by atoms with Gasteiger partial charge < -0.3 is 0 Å². The monoisotopic (exact) mass is 334 g/mol. The third kappa shape index (κ3) is 10.5. The van der Waals surface area contributed by atoms with Crippen molar-refractivity contribution in [3.8, 4) is 0 Å². The van der Waals surface area contributed by atoms with Gasteiger partial charge in [0.25, 0.3) is 0 Å². The SMILES string of the molecule is CCCCCCCCC=CCCCCCCCCC1([N]C)CCC1. The lowest BCUT2D eigenvalue weighted by molar-refractivity contribution is 0.173. The molecule has 0 spiro atoms. The summed E-state index contributed by atoms with van der Waals surface area (Å²) in [6.07, 6.45) is 29.9. The van der Waals surface area contributed by atoms with Gasteiger partial charge in [0.05, 0.1) is 0 Å². The molecule has 0 saturated heterocycles. The Bertz CT molecular complexity index is 285. The first-order chi connectivity index (χ1) is 11.8. The highest BCUT2D eigenvalue weighted by molar-refractivity contribution is 4.94. The molecule has 1 radical (unpaired) electrons. The highest BCUT2D eigenvalue weighted by Gasteiger charge is 2.35. The second kappa shape index (κ2) is 15.0. The highest BCUT2D eigenvalue weighted by Crippen LogP contribution is 2.36. The van der Waals surface area contributed by atoms with Crippen molar-refractivity contribution in [1.29, 1.82) is 0 Å². The standard InChI is InChI=1S/C23H44N/c1-3-4-5-6-7-8-9-10-11-12-13-14-15-16-17-18-20-23(24-2)21-19-22-23/h10-11H,3-9,12-22H2,1-2H3. The third-order valence-electron chi connectivity index (χ3n) is 5.91. The Balaban J connectivity index is 1.75. The Morgan fingerprint density at radius 2 is 1.21 bits per heavy atom. The van der Waals surface area contributed by atoms with Gasteiger partial charge in [-0.25, -0.2) is 5.32 Å². The van der Waals surface area contributed by atoms with Crippen LogP contribution in [0.5, 0.6) is 0 Å². The van der Waals surface area contributed by atoms with Crippen molar-refractivity contribution in [3.63, 3.8) is 0 Å². The third-order valence-corrected chi connectivity index (χ3v) is 5.91. The van der Waals surface area contributed by atoms with Crippen LogP contribution >= 0.6 is 0 Å². The summed E-state index contributed by atoms with van der Waals surface area (Å²) < 4.78 is 0. The summed E-state index contributed by atoms with van der Waals surface area (Å²) in [7, 11) is 2.03. The van der Waals surface area contributed by atoms with Gasteiger partial charge in [0.15, 0.2) is 0 Å². The molecule has 24 heavy (non-hydrogen) atoms. The number of unbranched alkanes of at least 4 members (excludes halogenated alkanes) is 12. The van der Waals surface area contributed by atoms with E-state index >= 15 is 0 Å². The largest absolute Gasteiger partial charge is 0.238 e. The van der Waals surface area contributed by atoms with Crippen LogP contribution in [0, 0.1) is 0 Å². The molecule has 0 aromatic carbocycles. The molecule has 1 nitrogen and oxygen atoms in total. The zero-order valence-electron chi connectivity index (χ0n) is 16.8. The van der Waals surface area contributed by atoms with Crippen LogP contribution < -0.4 is 5.32 Å². The smallest absolute Gasteiger partial charge is 0.0353 e. The Labute approximate surface area is 153 Å². The van der Waals surface area contributed by atoms with Crippen molar-refractivity contribution in [2.75, 3.05) is 7.05 Å². The van der Waals surface area contributed by atoms with E-state index in [0.717, 1.165) is 0 Å². The Morgan fingerprint density at radius 3 is 1.67 bits per heavy atom. The van der Waals surface area contributed by atoms with Crippen molar-refractivity contribution in [1.82, 2.24) is 5.32 Å². The van der Waals surface area contributed by atoms with E-state index in [-0.39, 0.29) is 0 Å². The normalized spacial score (nSPS) is 16.6. The zero-order chi connectivity index (χ0) is 17.3. The molecule has 0 atom stereocenters. The number of nitrogens with zero attached hydrogens (tertiary/aromatic N) is 1. The molecule has 1 saturated carbocycles. The topological polar surface area (TPSA) is 14.1 Å². The predicted molar refractivity (Wildman–Crippen MR) is 109 cm³/mol. The van der Waals surface area contributed by atoms with Crippen LogP contribution in [-0.2, 0) is 0 Å². The average molecular weight is 335 g/mol. The molecule has 0 unspecified atom stereocenters. The second-order valence-electron chi connectivity index (χ2n) is 7.99. The molecule has 0 aromatic heterocycles. The van der Waals surface area contributed by atoms with Gasteiger partial charge in [0.1, 0.15) is 0 Å². The van der Waals surface area contributed by atoms with Gasteiger partial charge in [0, 0.05) is 12.6 Å². The van der Waals surface area contributed by atoms with Gasteiger partial charge in [-0.15, -0.1) is 0 Å². The van der Waals surface area contributed by atoms with Crippen LogP contribution in [0.4, 0.5) is 0 Å². The molecule has 0 amide bonds. The maximum atomic E-state index is 4.62. The van der Waals surface area contributed by atoms with Crippen molar-refractivity contribution >= 4 is 0 Å². The van der Waals surface area contributed by atoms with Crippen LogP contribution in [0.3, 0.4) is 0 Å². The Kier molecular flexibility index (Phi) is 13.6. The van der Waals surface area contributed by atoms with Gasteiger partial charge in [0.2, 0.25) is 0 Å². The highest BCUT2D eigenvalue weighted by atomic mass is 15.0. The molecule has 0 bridgehead atoms. The van der Waals surface area contributed by atoms with Gasteiger partial charge >= 0.3 is 0 Å². The molecular weight excluding hydrogens is 290 g/mol. The minimum Gasteiger partial charge on any atom is -0.238 e. The van der Waals surface area contributed by atoms with Gasteiger partial charge in [-0.05, 0) is 51.4 Å². The van der Waals surface area contributed by atoms with Crippen molar-refractivity contribution in [2.45, 2.75) is 128 Å². The molecule has 1 heteroatoms. The van der Waals surface area contributed by atoms with Crippen LogP contribution in [-0.4, -0.2) is 12.6 Å². The van der Waals surface area contributed by atoms with Gasteiger partial charge in [-0.2, -0.15) is 0 Å². The Hall–Kier alpha value is -0.300. The minimum absolute atomic E-state index is 0.417. The van der Waals surface area contributed by atoms with Gasteiger partial charge in [-0.1, -0.05) is 83.3 Å². The summed E-state index contributed by atoms with van der Waals surface area (Å²) >= 11 is 0. The lowest BCUT2D eigenvalue weighted by atomic mass is 9.73. The average Bonchev–Trinajstić information content (AvgIpc) is 2.56. The van der Waals surface area contributed by atoms with E-state index in [9.17, 15) is 0 Å². The first kappa shape index (κ1) is 21.7. The molecule has 1 aliphatic carbocycles. The van der Waals surface area contributed by atoms with Crippen LogP contribution in [0.15, 0.2) is 12.2 Å². The first-order valence-electron chi connectivity index (χ1n) is 11.1. The summed E-state index contributed by atoms with van der Waals surface area (Å²) in [6.45, 7) is 2.29. The Morgan fingerprint density at radius 1 is 0.708 bits per heavy atom. The number of hydrogen-bond acceptors (Lipinski definition) is 0. The summed E-state index contributed by atoms with van der Waals surface area (Å²) in [5.74, 6) is 0. The first-order valence-corrected chi connectivity index (χ1v) is 11.1. The minimum atomic E-state index is 0.417. The molecular formula is C23H44N. The van der Waals surface area contributed by atoms with E-state index in [0.29, 0.717) is 5.54 Å². The van der Waals surface area contributed by atoms with Crippen molar-refractivity contribution < 1.29 is 0 Å². The fraction of sp³-hybridized carbons (Fsp3) is 0.913. The summed E-state index contributed by atoms with van der Waals surface area (Å²) in [5, 5.41) is 4.62. The molecule has 0 aromatic rings. The molecule has 1 rings (SSSR count). The number of rotatable bonds is 17. The van der Waals surface area contributed by atoms with Crippen LogP contribution in [0.2, 0.25) is 0 Å². The van der Waals surface area contributed by atoms with Crippen LogP contribution in [0.25, 0.3) is 0 Å². The van der Waals surface area contributed by atoms with E-state index in [4.69, 9.17) is 0 Å². The molecule has 0 N–H and O–H groups in total. The molecule has 1 fully saturated rings. The second-order valence-corrected chi connectivity index (χ2v) is 7.99. The fourth-order valence-electron chi connectivity index (χ4n) is 3.87. The van der Waals surface area contributed by atoms with E-state index < -0.39 is 0 Å². The van der Waals surface area contributed by atoms with E-state index in [2.05, 4.69) is 24.4 Å². The number of hydrogen-bond donors (Lipinski definition) is 0. The zero-order valence-corrected chi connectivity index (χ0v) is 16.8. The lowest BCUT2D eigenvalue weighted by Gasteiger charge is -2.40. The maximum Gasteiger partial charge on any atom is 0.0353 e. The summed E-state index contributed by atoms with van der Waals surface area (Å²) in [5.41, 5.74) is 0.417. The number of allylic oxidation sites excluding steroid dienone is 2. The molecule has 0 heterocycles. The van der Waals surface area contributed by atoms with Crippen LogP contribution in [0.1, 0.15) is 122 Å².